The zero-order chi connectivity index (χ0) is 13.0. The lowest BCUT2D eigenvalue weighted by Gasteiger charge is -2.13. The average molecular weight is 243 g/mol. The van der Waals surface area contributed by atoms with Crippen LogP contribution in [-0.4, -0.2) is 12.2 Å². The Kier molecular flexibility index (Phi) is 3.85. The number of nitrogens with two attached hydrogens (primary N) is 1. The molecule has 0 aromatic heterocycles. The van der Waals surface area contributed by atoms with Crippen LogP contribution in [0.15, 0.2) is 48.5 Å². The van der Waals surface area contributed by atoms with Crippen molar-refractivity contribution in [2.75, 3.05) is 12.8 Å². The summed E-state index contributed by atoms with van der Waals surface area (Å²) in [5.74, 6) is 0.798. The van der Waals surface area contributed by atoms with E-state index in [1.54, 1.807) is 19.2 Å². The highest BCUT2D eigenvalue weighted by atomic mass is 16.5. The molecule has 94 valence electrons. The molecule has 3 N–H and O–H groups in total. The molecule has 3 nitrogen and oxygen atoms in total. The second-order valence-corrected chi connectivity index (χ2v) is 4.20. The van der Waals surface area contributed by atoms with Gasteiger partial charge in [0, 0.05) is 12.1 Å². The van der Waals surface area contributed by atoms with Crippen molar-refractivity contribution < 1.29 is 9.84 Å². The highest BCUT2D eigenvalue weighted by Gasteiger charge is 2.11. The minimum absolute atomic E-state index is 0.522. The molecule has 1 unspecified atom stereocenters. The molecular weight excluding hydrogens is 226 g/mol. The Labute approximate surface area is 107 Å². The van der Waals surface area contributed by atoms with Crippen LogP contribution in [0.1, 0.15) is 17.2 Å². The first kappa shape index (κ1) is 12.5. The van der Waals surface area contributed by atoms with Crippen molar-refractivity contribution in [2.45, 2.75) is 12.5 Å². The van der Waals surface area contributed by atoms with Gasteiger partial charge in [-0.25, -0.2) is 0 Å². The van der Waals surface area contributed by atoms with Gasteiger partial charge in [0.15, 0.2) is 0 Å². The molecule has 0 bridgehead atoms. The SMILES string of the molecule is COc1ccccc1CC(O)c1ccc(N)cc1. The van der Waals surface area contributed by atoms with Crippen molar-refractivity contribution in [2.24, 2.45) is 0 Å². The molecule has 0 spiro atoms. The van der Waals surface area contributed by atoms with Crippen molar-refractivity contribution >= 4 is 5.69 Å². The fourth-order valence-corrected chi connectivity index (χ4v) is 1.92. The summed E-state index contributed by atoms with van der Waals surface area (Å²) >= 11 is 0. The van der Waals surface area contributed by atoms with Gasteiger partial charge in [-0.1, -0.05) is 30.3 Å². The summed E-state index contributed by atoms with van der Waals surface area (Å²) in [7, 11) is 1.63. The van der Waals surface area contributed by atoms with Gasteiger partial charge in [0.05, 0.1) is 13.2 Å². The van der Waals surface area contributed by atoms with Crippen LogP contribution >= 0.6 is 0 Å². The van der Waals surface area contributed by atoms with Crippen LogP contribution in [0.2, 0.25) is 0 Å². The molecule has 2 rings (SSSR count). The van der Waals surface area contributed by atoms with Gasteiger partial charge in [0.2, 0.25) is 0 Å². The molecule has 2 aromatic carbocycles. The minimum Gasteiger partial charge on any atom is -0.496 e. The molecule has 0 aliphatic heterocycles. The van der Waals surface area contributed by atoms with Crippen LogP contribution in [-0.2, 0) is 6.42 Å². The maximum absolute atomic E-state index is 10.2. The first-order valence-corrected chi connectivity index (χ1v) is 5.86. The number of ether oxygens (including phenoxy) is 1. The number of aliphatic hydroxyl groups is 1. The van der Waals surface area contributed by atoms with Gasteiger partial charge in [-0.05, 0) is 29.3 Å². The standard InChI is InChI=1S/C15H17NO2/c1-18-15-5-3-2-4-12(15)10-14(17)11-6-8-13(16)9-7-11/h2-9,14,17H,10,16H2,1H3. The smallest absolute Gasteiger partial charge is 0.122 e. The fourth-order valence-electron chi connectivity index (χ4n) is 1.92. The summed E-state index contributed by atoms with van der Waals surface area (Å²) in [5, 5.41) is 10.2. The van der Waals surface area contributed by atoms with Crippen LogP contribution in [0.3, 0.4) is 0 Å². The third-order valence-electron chi connectivity index (χ3n) is 2.93. The molecule has 0 heterocycles. The summed E-state index contributed by atoms with van der Waals surface area (Å²) in [5.41, 5.74) is 8.17. The van der Waals surface area contributed by atoms with Crippen LogP contribution in [0.4, 0.5) is 5.69 Å². The monoisotopic (exact) mass is 243 g/mol. The topological polar surface area (TPSA) is 55.5 Å². The van der Waals surface area contributed by atoms with Gasteiger partial charge >= 0.3 is 0 Å². The Morgan fingerprint density at radius 2 is 1.78 bits per heavy atom. The number of hydrogen-bond acceptors (Lipinski definition) is 3. The molecule has 0 aliphatic carbocycles. The second kappa shape index (κ2) is 5.56. The van der Waals surface area contributed by atoms with E-state index in [0.717, 1.165) is 16.9 Å². The third kappa shape index (κ3) is 2.81. The number of anilines is 1. The summed E-state index contributed by atoms with van der Waals surface area (Å²) in [4.78, 5) is 0. The number of nitrogen functional groups attached to an aromatic ring is 1. The largest absolute Gasteiger partial charge is 0.496 e. The van der Waals surface area contributed by atoms with Crippen LogP contribution in [0, 0.1) is 0 Å². The Morgan fingerprint density at radius 1 is 1.11 bits per heavy atom. The lowest BCUT2D eigenvalue weighted by atomic mass is 10.0. The minimum atomic E-state index is -0.554. The average Bonchev–Trinajstić information content (AvgIpc) is 2.40. The van der Waals surface area contributed by atoms with Gasteiger partial charge in [-0.3, -0.25) is 0 Å². The normalized spacial score (nSPS) is 12.1. The fraction of sp³-hybridized carbons (Fsp3) is 0.200. The molecule has 0 fully saturated rings. The molecule has 0 amide bonds. The van der Waals surface area contributed by atoms with E-state index >= 15 is 0 Å². The number of para-hydroxylation sites is 1. The Balaban J connectivity index is 2.15. The first-order valence-electron chi connectivity index (χ1n) is 5.86. The lowest BCUT2D eigenvalue weighted by molar-refractivity contribution is 0.177. The Bertz CT molecular complexity index is 508. The van der Waals surface area contributed by atoms with Crippen molar-refractivity contribution in [1.29, 1.82) is 0 Å². The van der Waals surface area contributed by atoms with Crippen molar-refractivity contribution in [1.82, 2.24) is 0 Å². The maximum Gasteiger partial charge on any atom is 0.122 e. The molecule has 1 atom stereocenters. The Hall–Kier alpha value is -2.00. The zero-order valence-electron chi connectivity index (χ0n) is 10.3. The summed E-state index contributed by atoms with van der Waals surface area (Å²) in [6, 6.07) is 15.0. The molecular formula is C15H17NO2. The van der Waals surface area contributed by atoms with Crippen LogP contribution < -0.4 is 10.5 Å². The molecule has 0 aliphatic rings. The first-order chi connectivity index (χ1) is 8.70. The second-order valence-electron chi connectivity index (χ2n) is 4.20. The number of aliphatic hydroxyl groups excluding tert-OH is 1. The van der Waals surface area contributed by atoms with E-state index in [0.29, 0.717) is 12.1 Å². The van der Waals surface area contributed by atoms with Gasteiger partial charge in [-0.2, -0.15) is 0 Å². The van der Waals surface area contributed by atoms with E-state index in [-0.39, 0.29) is 0 Å². The van der Waals surface area contributed by atoms with Gasteiger partial charge in [0.25, 0.3) is 0 Å². The van der Waals surface area contributed by atoms with E-state index in [2.05, 4.69) is 0 Å². The maximum atomic E-state index is 10.2. The van der Waals surface area contributed by atoms with Gasteiger partial charge < -0.3 is 15.6 Å². The van der Waals surface area contributed by atoms with Crippen molar-refractivity contribution in [3.8, 4) is 5.75 Å². The molecule has 0 saturated heterocycles. The molecule has 3 heteroatoms. The van der Waals surface area contributed by atoms with Gasteiger partial charge in [-0.15, -0.1) is 0 Å². The predicted octanol–water partition coefficient (Wildman–Crippen LogP) is 2.55. The van der Waals surface area contributed by atoms with E-state index in [9.17, 15) is 5.11 Å². The third-order valence-corrected chi connectivity index (χ3v) is 2.93. The van der Waals surface area contributed by atoms with E-state index in [1.165, 1.54) is 0 Å². The summed E-state index contributed by atoms with van der Waals surface area (Å²) < 4.78 is 5.27. The molecule has 0 radical (unpaired) electrons. The number of benzene rings is 2. The van der Waals surface area contributed by atoms with E-state index < -0.39 is 6.10 Å². The predicted molar refractivity (Wildman–Crippen MR) is 72.5 cm³/mol. The van der Waals surface area contributed by atoms with Gasteiger partial charge in [0.1, 0.15) is 5.75 Å². The summed E-state index contributed by atoms with van der Waals surface area (Å²) in [6.45, 7) is 0. The van der Waals surface area contributed by atoms with Crippen molar-refractivity contribution in [3.63, 3.8) is 0 Å². The van der Waals surface area contributed by atoms with E-state index in [1.807, 2.05) is 36.4 Å². The quantitative estimate of drug-likeness (QED) is 0.811. The number of hydrogen-bond donors (Lipinski definition) is 2. The summed E-state index contributed by atoms with van der Waals surface area (Å²) in [6.07, 6.45) is -0.0320. The van der Waals surface area contributed by atoms with Crippen molar-refractivity contribution in [3.05, 3.63) is 59.7 Å². The van der Waals surface area contributed by atoms with Crippen LogP contribution in [0.5, 0.6) is 5.75 Å². The zero-order valence-corrected chi connectivity index (χ0v) is 10.3. The van der Waals surface area contributed by atoms with E-state index in [4.69, 9.17) is 10.5 Å². The highest BCUT2D eigenvalue weighted by molar-refractivity contribution is 5.41. The molecule has 2 aromatic rings. The molecule has 0 saturated carbocycles. The number of methoxy groups -OCH3 is 1. The lowest BCUT2D eigenvalue weighted by Crippen LogP contribution is -2.03. The van der Waals surface area contributed by atoms with Crippen LogP contribution in [0.25, 0.3) is 0 Å². The number of rotatable bonds is 4. The Morgan fingerprint density at radius 3 is 2.44 bits per heavy atom. The molecule has 18 heavy (non-hydrogen) atoms. The highest BCUT2D eigenvalue weighted by Crippen LogP contribution is 2.25.